The molecule has 3 aromatic rings. The van der Waals surface area contributed by atoms with Crippen LogP contribution in [0.5, 0.6) is 0 Å². The molecule has 0 saturated heterocycles. The van der Waals surface area contributed by atoms with E-state index in [2.05, 4.69) is 25.6 Å². The molecule has 0 spiro atoms. The maximum absolute atomic E-state index is 12.5. The molecule has 1 aliphatic carbocycles. The SMILES string of the molecule is CN(C(=O)[C@@H]1C[C@@H]1c1nn[nH]n1)c1ccc2cc[nH]c2c1. The van der Waals surface area contributed by atoms with Crippen molar-refractivity contribution in [2.75, 3.05) is 11.9 Å². The van der Waals surface area contributed by atoms with Crippen molar-refractivity contribution in [3.63, 3.8) is 0 Å². The summed E-state index contributed by atoms with van der Waals surface area (Å²) in [5.41, 5.74) is 1.91. The first kappa shape index (κ1) is 12.1. The van der Waals surface area contributed by atoms with Gasteiger partial charge in [0.2, 0.25) is 5.91 Å². The zero-order valence-corrected chi connectivity index (χ0v) is 11.4. The second-order valence-electron chi connectivity index (χ2n) is 5.37. The van der Waals surface area contributed by atoms with Crippen molar-refractivity contribution in [2.45, 2.75) is 12.3 Å². The first-order valence-electron chi connectivity index (χ1n) is 6.82. The Morgan fingerprint density at radius 3 is 3.10 bits per heavy atom. The van der Waals surface area contributed by atoms with Crippen LogP contribution in [-0.4, -0.2) is 38.6 Å². The Hall–Kier alpha value is -2.70. The van der Waals surface area contributed by atoms with Gasteiger partial charge in [-0.15, -0.1) is 10.2 Å². The number of anilines is 1. The fourth-order valence-corrected chi connectivity index (χ4v) is 2.70. The van der Waals surface area contributed by atoms with Gasteiger partial charge in [0.15, 0.2) is 5.82 Å². The summed E-state index contributed by atoms with van der Waals surface area (Å²) in [6, 6.07) is 7.96. The molecule has 0 aliphatic heterocycles. The minimum Gasteiger partial charge on any atom is -0.361 e. The van der Waals surface area contributed by atoms with Crippen molar-refractivity contribution in [3.8, 4) is 0 Å². The highest BCUT2D eigenvalue weighted by molar-refractivity contribution is 5.98. The first-order valence-corrected chi connectivity index (χ1v) is 6.82. The number of aromatic nitrogens is 5. The van der Waals surface area contributed by atoms with E-state index in [1.54, 1.807) is 11.9 Å². The first-order chi connectivity index (χ1) is 10.2. The summed E-state index contributed by atoms with van der Waals surface area (Å²) in [6.45, 7) is 0. The molecule has 21 heavy (non-hydrogen) atoms. The van der Waals surface area contributed by atoms with Gasteiger partial charge in [-0.2, -0.15) is 5.21 Å². The van der Waals surface area contributed by atoms with Crippen LogP contribution in [0.3, 0.4) is 0 Å². The second-order valence-corrected chi connectivity index (χ2v) is 5.37. The van der Waals surface area contributed by atoms with E-state index in [0.29, 0.717) is 5.82 Å². The van der Waals surface area contributed by atoms with Crippen molar-refractivity contribution in [2.24, 2.45) is 5.92 Å². The molecular weight excluding hydrogens is 268 g/mol. The van der Waals surface area contributed by atoms with Crippen LogP contribution in [0.2, 0.25) is 0 Å². The summed E-state index contributed by atoms with van der Waals surface area (Å²) in [5, 5.41) is 15.0. The summed E-state index contributed by atoms with van der Waals surface area (Å²) in [5.74, 6) is 0.761. The highest BCUT2D eigenvalue weighted by Crippen LogP contribution is 2.47. The Balaban J connectivity index is 1.54. The van der Waals surface area contributed by atoms with Gasteiger partial charge in [-0.05, 0) is 30.0 Å². The third-order valence-electron chi connectivity index (χ3n) is 4.06. The molecule has 0 unspecified atom stereocenters. The van der Waals surface area contributed by atoms with Crippen molar-refractivity contribution >= 4 is 22.5 Å². The van der Waals surface area contributed by atoms with Crippen LogP contribution in [0.4, 0.5) is 5.69 Å². The highest BCUT2D eigenvalue weighted by atomic mass is 16.2. The van der Waals surface area contributed by atoms with Gasteiger partial charge in [0.25, 0.3) is 0 Å². The van der Waals surface area contributed by atoms with Crippen molar-refractivity contribution < 1.29 is 4.79 Å². The lowest BCUT2D eigenvalue weighted by molar-refractivity contribution is -0.119. The Morgan fingerprint density at radius 1 is 1.38 bits per heavy atom. The monoisotopic (exact) mass is 282 g/mol. The van der Waals surface area contributed by atoms with Crippen LogP contribution in [0.1, 0.15) is 18.2 Å². The number of nitrogens with zero attached hydrogens (tertiary/aromatic N) is 4. The van der Waals surface area contributed by atoms with Gasteiger partial charge in [-0.25, -0.2) is 0 Å². The molecule has 7 nitrogen and oxygen atoms in total. The van der Waals surface area contributed by atoms with Gasteiger partial charge in [0.05, 0.1) is 0 Å². The lowest BCUT2D eigenvalue weighted by Crippen LogP contribution is -2.28. The molecule has 4 rings (SSSR count). The molecule has 7 heteroatoms. The van der Waals surface area contributed by atoms with E-state index in [1.807, 2.05) is 30.5 Å². The zero-order valence-electron chi connectivity index (χ0n) is 11.4. The summed E-state index contributed by atoms with van der Waals surface area (Å²) < 4.78 is 0. The number of amides is 1. The second kappa shape index (κ2) is 4.41. The van der Waals surface area contributed by atoms with E-state index in [9.17, 15) is 4.79 Å². The standard InChI is InChI=1S/C14H14N6O/c1-20(9-3-2-8-4-5-15-12(8)6-9)14(21)11-7-10(11)13-16-18-19-17-13/h2-6,10-11,15H,7H2,1H3,(H,16,17,18,19)/t10-,11+/m0/s1. The number of rotatable bonds is 3. The Bertz CT molecular complexity index is 793. The lowest BCUT2D eigenvalue weighted by atomic mass is 10.2. The van der Waals surface area contributed by atoms with Gasteiger partial charge in [-0.3, -0.25) is 4.79 Å². The van der Waals surface area contributed by atoms with Gasteiger partial charge in [-0.1, -0.05) is 11.3 Å². The van der Waals surface area contributed by atoms with E-state index < -0.39 is 0 Å². The molecule has 1 fully saturated rings. The quantitative estimate of drug-likeness (QED) is 0.760. The molecular formula is C14H14N6O. The maximum Gasteiger partial charge on any atom is 0.230 e. The number of aromatic amines is 2. The largest absolute Gasteiger partial charge is 0.361 e. The minimum atomic E-state index is -0.0491. The number of benzene rings is 1. The molecule has 0 bridgehead atoms. The topological polar surface area (TPSA) is 90.6 Å². The van der Waals surface area contributed by atoms with Crippen LogP contribution in [-0.2, 0) is 4.79 Å². The van der Waals surface area contributed by atoms with E-state index in [0.717, 1.165) is 23.0 Å². The molecule has 2 atom stereocenters. The molecule has 0 radical (unpaired) electrons. The third-order valence-corrected chi connectivity index (χ3v) is 4.06. The van der Waals surface area contributed by atoms with E-state index in [-0.39, 0.29) is 17.7 Å². The molecule has 106 valence electrons. The zero-order chi connectivity index (χ0) is 14.4. The highest BCUT2D eigenvalue weighted by Gasteiger charge is 2.48. The number of carbonyl (C=O) groups is 1. The number of hydrogen-bond acceptors (Lipinski definition) is 4. The molecule has 1 aliphatic rings. The number of carbonyl (C=O) groups excluding carboxylic acids is 1. The van der Waals surface area contributed by atoms with Gasteiger partial charge in [0.1, 0.15) is 0 Å². The van der Waals surface area contributed by atoms with E-state index in [4.69, 9.17) is 0 Å². The number of hydrogen-bond donors (Lipinski definition) is 2. The molecule has 2 N–H and O–H groups in total. The average Bonchev–Trinajstić information content (AvgIpc) is 2.93. The van der Waals surface area contributed by atoms with Crippen molar-refractivity contribution in [1.82, 2.24) is 25.6 Å². The van der Waals surface area contributed by atoms with Crippen LogP contribution in [0.25, 0.3) is 10.9 Å². The summed E-state index contributed by atoms with van der Waals surface area (Å²) in [4.78, 5) is 17.4. The van der Waals surface area contributed by atoms with Crippen molar-refractivity contribution in [1.29, 1.82) is 0 Å². The van der Waals surface area contributed by atoms with Crippen LogP contribution in [0.15, 0.2) is 30.5 Å². The molecule has 2 heterocycles. The Kier molecular flexibility index (Phi) is 2.53. The Labute approximate surface area is 120 Å². The number of nitrogens with one attached hydrogen (secondary N) is 2. The minimum absolute atomic E-state index is 0.0491. The van der Waals surface area contributed by atoms with Crippen LogP contribution in [0, 0.1) is 5.92 Å². The summed E-state index contributed by atoms with van der Waals surface area (Å²) in [7, 11) is 1.80. The van der Waals surface area contributed by atoms with Crippen LogP contribution >= 0.6 is 0 Å². The van der Waals surface area contributed by atoms with Crippen molar-refractivity contribution in [3.05, 3.63) is 36.3 Å². The number of tetrazole rings is 1. The fraction of sp³-hybridized carbons (Fsp3) is 0.286. The normalized spacial score (nSPS) is 20.6. The molecule has 2 aromatic heterocycles. The van der Waals surface area contributed by atoms with Gasteiger partial charge < -0.3 is 9.88 Å². The number of H-pyrrole nitrogens is 2. The smallest absolute Gasteiger partial charge is 0.230 e. The lowest BCUT2D eigenvalue weighted by Gasteiger charge is -2.17. The average molecular weight is 282 g/mol. The van der Waals surface area contributed by atoms with Crippen LogP contribution < -0.4 is 4.90 Å². The number of fused-ring (bicyclic) bond motifs is 1. The van der Waals surface area contributed by atoms with Gasteiger partial charge in [0, 0.05) is 36.3 Å². The fourth-order valence-electron chi connectivity index (χ4n) is 2.70. The predicted octanol–water partition coefficient (Wildman–Crippen LogP) is 1.45. The summed E-state index contributed by atoms with van der Waals surface area (Å²) >= 11 is 0. The summed E-state index contributed by atoms with van der Waals surface area (Å²) in [6.07, 6.45) is 2.68. The molecule has 1 amide bonds. The Morgan fingerprint density at radius 2 is 2.29 bits per heavy atom. The third kappa shape index (κ3) is 1.97. The molecule has 1 saturated carbocycles. The van der Waals surface area contributed by atoms with E-state index >= 15 is 0 Å². The van der Waals surface area contributed by atoms with Gasteiger partial charge >= 0.3 is 0 Å². The predicted molar refractivity (Wildman–Crippen MR) is 76.7 cm³/mol. The maximum atomic E-state index is 12.5. The van der Waals surface area contributed by atoms with E-state index in [1.165, 1.54) is 0 Å². The molecule has 1 aromatic carbocycles.